The third-order valence-electron chi connectivity index (χ3n) is 10.3. The van der Waals surface area contributed by atoms with Gasteiger partial charge in [-0.15, -0.1) is 0 Å². The van der Waals surface area contributed by atoms with Crippen molar-refractivity contribution in [3.8, 4) is 22.4 Å². The summed E-state index contributed by atoms with van der Waals surface area (Å²) < 4.78 is 41.3. The first kappa shape index (κ1) is 43.2. The molecular formula is C43H62FN5O5Si2. The number of esters is 1. The number of benzene rings is 1. The first-order valence-corrected chi connectivity index (χ1v) is 27.6. The quantitative estimate of drug-likeness (QED) is 0.0284. The number of alkyl halides is 1. The number of halogens is 1. The molecule has 3 aromatic heterocycles. The lowest BCUT2D eigenvalue weighted by Gasteiger charge is -2.33. The molecule has 0 saturated heterocycles. The van der Waals surface area contributed by atoms with Crippen LogP contribution in [0.15, 0.2) is 61.4 Å². The molecule has 4 aromatic rings. The Bertz CT molecular complexity index is 1870. The number of ether oxygens (including phenoxy) is 4. The van der Waals surface area contributed by atoms with Gasteiger partial charge in [0.2, 0.25) is 0 Å². The maximum absolute atomic E-state index is 15.3. The molecule has 5 rings (SSSR count). The molecule has 1 aliphatic rings. The molecule has 1 aliphatic carbocycles. The minimum atomic E-state index is -1.65. The van der Waals surface area contributed by atoms with Crippen molar-refractivity contribution in [1.82, 2.24) is 19.6 Å². The molecule has 3 heterocycles. The SMILES string of the molecule is C=C(OCC)c1c(N(COCC[Si](C)(C)C)COCC[Si](C)(C)C)n2ncc(-c3ccc(-c4ccccc4)nc3)c2nc1[C@H]1CC[C@@H](C(F)C(=O)OCC)CC1. The van der Waals surface area contributed by atoms with E-state index in [-0.39, 0.29) is 26.0 Å². The van der Waals surface area contributed by atoms with Gasteiger partial charge >= 0.3 is 5.97 Å². The van der Waals surface area contributed by atoms with E-state index in [1.165, 1.54) is 0 Å². The summed E-state index contributed by atoms with van der Waals surface area (Å²) in [5, 5.41) is 4.98. The Hall–Kier alpha value is -3.92. The van der Waals surface area contributed by atoms with Gasteiger partial charge in [0.15, 0.2) is 11.8 Å². The third kappa shape index (κ3) is 11.4. The smallest absolute Gasteiger partial charge is 0.341 e. The van der Waals surface area contributed by atoms with Crippen molar-refractivity contribution < 1.29 is 28.1 Å². The van der Waals surface area contributed by atoms with Gasteiger partial charge in [-0.1, -0.05) is 82.3 Å². The van der Waals surface area contributed by atoms with E-state index in [1.807, 2.05) is 60.2 Å². The molecule has 10 nitrogen and oxygen atoms in total. The number of fused-ring (bicyclic) bond motifs is 1. The lowest BCUT2D eigenvalue weighted by Crippen LogP contribution is -2.35. The number of hydrogen-bond donors (Lipinski definition) is 0. The highest BCUT2D eigenvalue weighted by molar-refractivity contribution is 6.76. The molecule has 1 unspecified atom stereocenters. The fraction of sp³-hybridized carbons (Fsp3) is 0.535. The maximum atomic E-state index is 15.3. The average molecular weight is 804 g/mol. The van der Waals surface area contributed by atoms with Gasteiger partial charge < -0.3 is 23.8 Å². The van der Waals surface area contributed by atoms with Gasteiger partial charge in [0.25, 0.3) is 0 Å². The van der Waals surface area contributed by atoms with Crippen LogP contribution in [0.4, 0.5) is 10.2 Å². The number of anilines is 1. The van der Waals surface area contributed by atoms with Crippen molar-refractivity contribution in [3.05, 3.63) is 72.7 Å². The highest BCUT2D eigenvalue weighted by Crippen LogP contribution is 2.43. The number of carbonyl (C=O) groups excluding carboxylic acids is 1. The molecule has 0 N–H and O–H groups in total. The normalized spacial score (nSPS) is 16.8. The Morgan fingerprint density at radius 3 is 2.05 bits per heavy atom. The van der Waals surface area contributed by atoms with Gasteiger partial charge in [-0.05, 0) is 57.7 Å². The zero-order valence-electron chi connectivity index (χ0n) is 34.8. The number of hydrogen-bond acceptors (Lipinski definition) is 9. The summed E-state index contributed by atoms with van der Waals surface area (Å²) in [6.07, 6.45) is 4.37. The van der Waals surface area contributed by atoms with E-state index >= 15 is 4.39 Å². The number of rotatable bonds is 20. The molecule has 0 bridgehead atoms. The summed E-state index contributed by atoms with van der Waals surface area (Å²) >= 11 is 0. The van der Waals surface area contributed by atoms with Crippen molar-refractivity contribution in [1.29, 1.82) is 0 Å². The molecule has 304 valence electrons. The second kappa shape index (κ2) is 19.5. The van der Waals surface area contributed by atoms with Gasteiger partial charge in [0.05, 0.1) is 36.4 Å². The number of nitrogens with zero attached hydrogens (tertiary/aromatic N) is 5. The summed E-state index contributed by atoms with van der Waals surface area (Å²) in [4.78, 5) is 24.7. The Balaban J connectivity index is 1.63. The summed E-state index contributed by atoms with van der Waals surface area (Å²) in [5.74, 6) is -0.0493. The highest BCUT2D eigenvalue weighted by atomic mass is 28.3. The van der Waals surface area contributed by atoms with Crippen molar-refractivity contribution in [3.63, 3.8) is 0 Å². The Labute approximate surface area is 334 Å². The first-order chi connectivity index (χ1) is 26.7. The van der Waals surface area contributed by atoms with Crippen LogP contribution in [-0.4, -0.2) is 87.8 Å². The van der Waals surface area contributed by atoms with Crippen molar-refractivity contribution in [2.24, 2.45) is 5.92 Å². The van der Waals surface area contributed by atoms with Crippen LogP contribution >= 0.6 is 0 Å². The molecule has 0 aliphatic heterocycles. The minimum absolute atomic E-state index is 0.0552. The van der Waals surface area contributed by atoms with Crippen molar-refractivity contribution in [2.45, 2.75) is 103 Å². The fourth-order valence-corrected chi connectivity index (χ4v) is 8.51. The number of pyridine rings is 1. The number of carbonyl (C=O) groups is 1. The molecule has 56 heavy (non-hydrogen) atoms. The van der Waals surface area contributed by atoms with Gasteiger partial charge in [0, 0.05) is 64.1 Å². The largest absolute Gasteiger partial charge is 0.494 e. The van der Waals surface area contributed by atoms with E-state index in [0.29, 0.717) is 56.9 Å². The van der Waals surface area contributed by atoms with E-state index < -0.39 is 34.2 Å². The van der Waals surface area contributed by atoms with Crippen LogP contribution in [0.2, 0.25) is 51.4 Å². The summed E-state index contributed by atoms with van der Waals surface area (Å²) in [6, 6.07) is 16.2. The standard InChI is InChI=1S/C43H62FN5O5Si2/c1-10-53-31(3)38-40(34-19-17-33(18-20-34)39(44)43(50)54-11-2)47-41-36(35-21-22-37(45-27-35)32-15-13-12-14-16-32)28-46-49(41)42(38)48(29-51-23-25-55(4,5)6)30-52-24-26-56(7,8)9/h12-16,21-22,27-28,33-34,39H,3,10-11,17-20,23-26,29-30H2,1-2,4-9H3/t33-,34+,39?. The van der Waals surface area contributed by atoms with E-state index in [2.05, 4.69) is 56.8 Å². The topological polar surface area (TPSA) is 100 Å². The zero-order chi connectivity index (χ0) is 40.5. The van der Waals surface area contributed by atoms with Crippen LogP contribution in [0.1, 0.15) is 56.7 Å². The van der Waals surface area contributed by atoms with Crippen LogP contribution < -0.4 is 4.90 Å². The Kier molecular flexibility index (Phi) is 15.0. The van der Waals surface area contributed by atoms with E-state index in [0.717, 1.165) is 51.5 Å². The molecule has 0 spiro atoms. The maximum Gasteiger partial charge on any atom is 0.341 e. The minimum Gasteiger partial charge on any atom is -0.494 e. The average Bonchev–Trinajstić information content (AvgIpc) is 3.60. The van der Waals surface area contributed by atoms with E-state index in [1.54, 1.807) is 6.92 Å². The second-order valence-electron chi connectivity index (χ2n) is 17.1. The predicted molar refractivity (Wildman–Crippen MR) is 229 cm³/mol. The Morgan fingerprint density at radius 2 is 1.50 bits per heavy atom. The van der Waals surface area contributed by atoms with Gasteiger partial charge in [-0.25, -0.2) is 14.2 Å². The van der Waals surface area contributed by atoms with Crippen LogP contribution in [0.5, 0.6) is 0 Å². The van der Waals surface area contributed by atoms with Crippen LogP contribution in [0.3, 0.4) is 0 Å². The summed E-state index contributed by atoms with van der Waals surface area (Å²) in [6.45, 7) is 24.5. The monoisotopic (exact) mass is 803 g/mol. The Morgan fingerprint density at radius 1 is 0.875 bits per heavy atom. The number of aromatic nitrogens is 4. The van der Waals surface area contributed by atoms with Crippen LogP contribution in [0, 0.1) is 5.92 Å². The first-order valence-electron chi connectivity index (χ1n) is 20.2. The molecule has 1 fully saturated rings. The van der Waals surface area contributed by atoms with Gasteiger partial charge in [-0.2, -0.15) is 9.61 Å². The van der Waals surface area contributed by atoms with Crippen LogP contribution in [-0.2, 0) is 23.7 Å². The zero-order valence-corrected chi connectivity index (χ0v) is 36.8. The third-order valence-corrected chi connectivity index (χ3v) is 13.7. The van der Waals surface area contributed by atoms with Crippen LogP contribution in [0.25, 0.3) is 33.8 Å². The molecule has 1 aromatic carbocycles. The van der Waals surface area contributed by atoms with Gasteiger partial charge in [-0.3, -0.25) is 4.98 Å². The lowest BCUT2D eigenvalue weighted by molar-refractivity contribution is -0.151. The summed E-state index contributed by atoms with van der Waals surface area (Å²) in [7, 11) is -2.71. The van der Waals surface area contributed by atoms with E-state index in [9.17, 15) is 4.79 Å². The molecule has 13 heteroatoms. The summed E-state index contributed by atoms with van der Waals surface area (Å²) in [5.41, 5.74) is 5.81. The molecule has 0 radical (unpaired) electrons. The molecule has 1 saturated carbocycles. The highest BCUT2D eigenvalue weighted by Gasteiger charge is 2.37. The fourth-order valence-electron chi connectivity index (χ4n) is 7.00. The second-order valence-corrected chi connectivity index (χ2v) is 28.4. The van der Waals surface area contributed by atoms with Crippen molar-refractivity contribution in [2.75, 3.05) is 44.8 Å². The van der Waals surface area contributed by atoms with Gasteiger partial charge in [0.1, 0.15) is 25.0 Å². The predicted octanol–water partition coefficient (Wildman–Crippen LogP) is 10.1. The molecule has 1 atom stereocenters. The molecular weight excluding hydrogens is 742 g/mol. The van der Waals surface area contributed by atoms with E-state index in [4.69, 9.17) is 34.0 Å². The molecule has 0 amide bonds. The lowest BCUT2D eigenvalue weighted by atomic mass is 9.77. The van der Waals surface area contributed by atoms with Crippen molar-refractivity contribution >= 4 is 39.3 Å².